The molecule has 0 heteroatoms. The fourth-order valence-electron chi connectivity index (χ4n) is 3.52. The zero-order chi connectivity index (χ0) is 16.3. The van der Waals surface area contributed by atoms with E-state index < -0.39 is 0 Å². The molecule has 0 heterocycles. The Bertz CT molecular complexity index is 649. The van der Waals surface area contributed by atoms with Gasteiger partial charge in [-0.1, -0.05) is 63.1 Å². The normalized spacial score (nSPS) is 12.5. The van der Waals surface area contributed by atoms with Crippen LogP contribution in [-0.4, -0.2) is 0 Å². The van der Waals surface area contributed by atoms with Gasteiger partial charge in [0.2, 0.25) is 0 Å². The minimum Gasteiger partial charge on any atom is -0.0651 e. The predicted octanol–water partition coefficient (Wildman–Crippen LogP) is 6.28. The summed E-state index contributed by atoms with van der Waals surface area (Å²) in [6.07, 6.45) is 3.51. The molecule has 2 rings (SSSR count). The molecule has 0 aromatic heterocycles. The third-order valence-corrected chi connectivity index (χ3v) is 4.91. The maximum atomic E-state index is 2.42. The first-order chi connectivity index (χ1) is 10.5. The summed E-state index contributed by atoms with van der Waals surface area (Å²) in [6.45, 7) is 13.6. The summed E-state index contributed by atoms with van der Waals surface area (Å²) in [7, 11) is 0. The topological polar surface area (TPSA) is 0 Å². The Kier molecular flexibility index (Phi) is 5.45. The molecule has 118 valence electrons. The Labute approximate surface area is 136 Å². The second kappa shape index (κ2) is 7.13. The van der Waals surface area contributed by atoms with Crippen LogP contribution in [-0.2, 0) is 12.8 Å². The smallest absolute Gasteiger partial charge is 0.00665 e. The maximum Gasteiger partial charge on any atom is 0.00665 e. The molecular weight excluding hydrogens is 264 g/mol. The Balaban J connectivity index is 2.47. The monoisotopic (exact) mass is 294 g/mol. The fourth-order valence-corrected chi connectivity index (χ4v) is 3.52. The summed E-state index contributed by atoms with van der Waals surface area (Å²) in [5.74, 6) is 0.462. The molecular formula is C22H30. The first-order valence-corrected chi connectivity index (χ1v) is 8.67. The molecule has 0 fully saturated rings. The van der Waals surface area contributed by atoms with Gasteiger partial charge in [-0.05, 0) is 67.0 Å². The van der Waals surface area contributed by atoms with Crippen LogP contribution in [0.4, 0.5) is 0 Å². The van der Waals surface area contributed by atoms with E-state index in [1.54, 1.807) is 0 Å². The molecule has 0 aliphatic carbocycles. The van der Waals surface area contributed by atoms with Crippen LogP contribution in [0.25, 0.3) is 0 Å². The highest BCUT2D eigenvalue weighted by atomic mass is 14.2. The van der Waals surface area contributed by atoms with Gasteiger partial charge < -0.3 is 0 Å². The molecule has 0 bridgehead atoms. The van der Waals surface area contributed by atoms with Crippen LogP contribution in [0.5, 0.6) is 0 Å². The fraction of sp³-hybridized carbons (Fsp3) is 0.455. The first kappa shape index (κ1) is 16.8. The number of hydrogen-bond acceptors (Lipinski definition) is 0. The van der Waals surface area contributed by atoms with Gasteiger partial charge in [0, 0.05) is 5.92 Å². The number of rotatable bonds is 5. The zero-order valence-electron chi connectivity index (χ0n) is 15.1. The third-order valence-electron chi connectivity index (χ3n) is 4.91. The van der Waals surface area contributed by atoms with Crippen LogP contribution in [0.1, 0.15) is 72.1 Å². The molecule has 0 amide bonds. The molecule has 2 aromatic rings. The maximum absolute atomic E-state index is 2.42. The molecule has 0 saturated carbocycles. The molecule has 0 aliphatic heterocycles. The van der Waals surface area contributed by atoms with Gasteiger partial charge in [-0.2, -0.15) is 0 Å². The van der Waals surface area contributed by atoms with Crippen LogP contribution in [0.15, 0.2) is 30.3 Å². The van der Waals surface area contributed by atoms with Crippen LogP contribution in [0.3, 0.4) is 0 Å². The summed E-state index contributed by atoms with van der Waals surface area (Å²) in [5.41, 5.74) is 10.2. The Morgan fingerprint density at radius 1 is 0.909 bits per heavy atom. The SMILES string of the molecule is CCCc1ccc(C(C)c2cc(C)cc(C)c2C)c(CC)c1. The second-order valence-corrected chi connectivity index (χ2v) is 6.65. The highest BCUT2D eigenvalue weighted by molar-refractivity contribution is 5.46. The van der Waals surface area contributed by atoms with E-state index in [0.717, 1.165) is 6.42 Å². The predicted molar refractivity (Wildman–Crippen MR) is 98.0 cm³/mol. The van der Waals surface area contributed by atoms with Gasteiger partial charge in [0.25, 0.3) is 0 Å². The Morgan fingerprint density at radius 2 is 1.64 bits per heavy atom. The molecule has 22 heavy (non-hydrogen) atoms. The average molecular weight is 294 g/mol. The van der Waals surface area contributed by atoms with Gasteiger partial charge in [-0.25, -0.2) is 0 Å². The van der Waals surface area contributed by atoms with Crippen molar-refractivity contribution in [1.29, 1.82) is 0 Å². The molecule has 0 nitrogen and oxygen atoms in total. The van der Waals surface area contributed by atoms with Crippen molar-refractivity contribution in [3.8, 4) is 0 Å². The Hall–Kier alpha value is -1.56. The van der Waals surface area contributed by atoms with Crippen molar-refractivity contribution in [3.63, 3.8) is 0 Å². The molecule has 0 aliphatic rings. The van der Waals surface area contributed by atoms with Crippen molar-refractivity contribution in [2.24, 2.45) is 0 Å². The lowest BCUT2D eigenvalue weighted by molar-refractivity contribution is 0.866. The minimum absolute atomic E-state index is 0.462. The lowest BCUT2D eigenvalue weighted by atomic mass is 9.84. The lowest BCUT2D eigenvalue weighted by Gasteiger charge is -2.21. The molecule has 0 saturated heterocycles. The molecule has 2 aromatic carbocycles. The zero-order valence-corrected chi connectivity index (χ0v) is 15.1. The van der Waals surface area contributed by atoms with E-state index >= 15 is 0 Å². The van der Waals surface area contributed by atoms with E-state index in [9.17, 15) is 0 Å². The number of hydrogen-bond donors (Lipinski definition) is 0. The van der Waals surface area contributed by atoms with E-state index in [-0.39, 0.29) is 0 Å². The highest BCUT2D eigenvalue weighted by Gasteiger charge is 2.16. The first-order valence-electron chi connectivity index (χ1n) is 8.67. The van der Waals surface area contributed by atoms with Crippen molar-refractivity contribution < 1.29 is 0 Å². The summed E-state index contributed by atoms with van der Waals surface area (Å²) in [4.78, 5) is 0. The summed E-state index contributed by atoms with van der Waals surface area (Å²) >= 11 is 0. The van der Waals surface area contributed by atoms with Crippen LogP contribution < -0.4 is 0 Å². The largest absolute Gasteiger partial charge is 0.0651 e. The van der Waals surface area contributed by atoms with Crippen molar-refractivity contribution in [2.45, 2.75) is 66.7 Å². The van der Waals surface area contributed by atoms with Gasteiger partial charge in [-0.3, -0.25) is 0 Å². The van der Waals surface area contributed by atoms with Crippen molar-refractivity contribution >= 4 is 0 Å². The molecule has 1 atom stereocenters. The van der Waals surface area contributed by atoms with Gasteiger partial charge in [0.05, 0.1) is 0 Å². The van der Waals surface area contributed by atoms with Crippen LogP contribution >= 0.6 is 0 Å². The van der Waals surface area contributed by atoms with Gasteiger partial charge in [-0.15, -0.1) is 0 Å². The van der Waals surface area contributed by atoms with Crippen molar-refractivity contribution in [1.82, 2.24) is 0 Å². The van der Waals surface area contributed by atoms with E-state index in [1.165, 1.54) is 51.8 Å². The van der Waals surface area contributed by atoms with E-state index in [0.29, 0.717) is 5.92 Å². The molecule has 1 unspecified atom stereocenters. The third kappa shape index (κ3) is 3.43. The van der Waals surface area contributed by atoms with Crippen molar-refractivity contribution in [2.75, 3.05) is 0 Å². The average Bonchev–Trinajstić information content (AvgIpc) is 2.50. The lowest BCUT2D eigenvalue weighted by Crippen LogP contribution is -2.05. The minimum atomic E-state index is 0.462. The van der Waals surface area contributed by atoms with Crippen molar-refractivity contribution in [3.05, 3.63) is 69.3 Å². The molecule has 0 spiro atoms. The van der Waals surface area contributed by atoms with Gasteiger partial charge >= 0.3 is 0 Å². The summed E-state index contributed by atoms with van der Waals surface area (Å²) < 4.78 is 0. The quantitative estimate of drug-likeness (QED) is 0.609. The molecule has 0 radical (unpaired) electrons. The Morgan fingerprint density at radius 3 is 2.27 bits per heavy atom. The van der Waals surface area contributed by atoms with Gasteiger partial charge in [0.15, 0.2) is 0 Å². The van der Waals surface area contributed by atoms with Gasteiger partial charge in [0.1, 0.15) is 0 Å². The molecule has 0 N–H and O–H groups in total. The van der Waals surface area contributed by atoms with E-state index in [1.807, 2.05) is 0 Å². The summed E-state index contributed by atoms with van der Waals surface area (Å²) in [6, 6.07) is 11.8. The van der Waals surface area contributed by atoms with E-state index in [2.05, 4.69) is 71.9 Å². The standard InChI is InChI=1S/C22H30/c1-7-9-19-10-11-21(20(8-2)14-19)18(6)22-13-15(3)12-16(4)17(22)5/h10-14,18H,7-9H2,1-6H3. The highest BCUT2D eigenvalue weighted by Crippen LogP contribution is 2.32. The van der Waals surface area contributed by atoms with E-state index in [4.69, 9.17) is 0 Å². The number of benzene rings is 2. The van der Waals surface area contributed by atoms with Crippen LogP contribution in [0, 0.1) is 20.8 Å². The van der Waals surface area contributed by atoms with Crippen LogP contribution in [0.2, 0.25) is 0 Å². The second-order valence-electron chi connectivity index (χ2n) is 6.65. The summed E-state index contributed by atoms with van der Waals surface area (Å²) in [5, 5.41) is 0. The number of aryl methyl sites for hydroxylation is 4.